The van der Waals surface area contributed by atoms with Crippen molar-refractivity contribution in [3.63, 3.8) is 0 Å². The summed E-state index contributed by atoms with van der Waals surface area (Å²) in [7, 11) is 2.30. The quantitative estimate of drug-likeness (QED) is 0.879. The number of hydrogen-bond acceptors (Lipinski definition) is 2. The first kappa shape index (κ1) is 12.0. The fourth-order valence-corrected chi connectivity index (χ4v) is 3.11. The number of hydrogen-bond donors (Lipinski definition) is 1. The molecule has 0 bridgehead atoms. The van der Waals surface area contributed by atoms with Crippen molar-refractivity contribution >= 4 is 5.69 Å². The fraction of sp³-hybridized carbons (Fsp3) is 0.625. The summed E-state index contributed by atoms with van der Waals surface area (Å²) in [5.41, 5.74) is 2.82. The fourth-order valence-electron chi connectivity index (χ4n) is 3.11. The monoisotopic (exact) mass is 244 g/mol. The lowest BCUT2D eigenvalue weighted by Crippen LogP contribution is -2.38. The normalized spacial score (nSPS) is 30.5. The van der Waals surface area contributed by atoms with E-state index in [2.05, 4.69) is 48.5 Å². The first-order valence-corrected chi connectivity index (χ1v) is 7.26. The van der Waals surface area contributed by atoms with Gasteiger partial charge >= 0.3 is 0 Å². The molecule has 1 heterocycles. The van der Waals surface area contributed by atoms with Crippen molar-refractivity contribution < 1.29 is 0 Å². The van der Waals surface area contributed by atoms with E-state index in [9.17, 15) is 0 Å². The van der Waals surface area contributed by atoms with E-state index in [1.54, 1.807) is 0 Å². The van der Waals surface area contributed by atoms with Crippen LogP contribution in [-0.2, 0) is 6.42 Å². The van der Waals surface area contributed by atoms with E-state index < -0.39 is 0 Å². The van der Waals surface area contributed by atoms with Crippen molar-refractivity contribution in [3.8, 4) is 0 Å². The molecule has 18 heavy (non-hydrogen) atoms. The molecule has 3 atom stereocenters. The van der Waals surface area contributed by atoms with Crippen molar-refractivity contribution in [3.05, 3.63) is 29.8 Å². The van der Waals surface area contributed by atoms with Gasteiger partial charge < -0.3 is 10.2 Å². The van der Waals surface area contributed by atoms with Crippen molar-refractivity contribution in [2.75, 3.05) is 25.5 Å². The van der Waals surface area contributed by atoms with E-state index in [0.29, 0.717) is 6.04 Å². The SMILES string of the molecule is CC1CC1CN(C)C1CCc2ccccc2NC1. The van der Waals surface area contributed by atoms with Gasteiger partial charge in [0.25, 0.3) is 0 Å². The lowest BCUT2D eigenvalue weighted by atomic mass is 10.1. The number of rotatable bonds is 3. The van der Waals surface area contributed by atoms with E-state index in [1.807, 2.05) is 0 Å². The molecule has 1 saturated carbocycles. The van der Waals surface area contributed by atoms with Gasteiger partial charge in [-0.05, 0) is 49.8 Å². The molecule has 0 radical (unpaired) electrons. The molecule has 1 aromatic carbocycles. The molecule has 1 aromatic rings. The molecule has 1 N–H and O–H groups in total. The number of para-hydroxylation sites is 1. The van der Waals surface area contributed by atoms with Gasteiger partial charge in [-0.2, -0.15) is 0 Å². The molecule has 2 heteroatoms. The van der Waals surface area contributed by atoms with Crippen LogP contribution in [0.15, 0.2) is 24.3 Å². The lowest BCUT2D eigenvalue weighted by molar-refractivity contribution is 0.229. The van der Waals surface area contributed by atoms with E-state index >= 15 is 0 Å². The largest absolute Gasteiger partial charge is 0.383 e. The summed E-state index contributed by atoms with van der Waals surface area (Å²) in [6.07, 6.45) is 3.92. The van der Waals surface area contributed by atoms with E-state index in [-0.39, 0.29) is 0 Å². The second-order valence-electron chi connectivity index (χ2n) is 6.14. The lowest BCUT2D eigenvalue weighted by Gasteiger charge is -2.27. The number of fused-ring (bicyclic) bond motifs is 1. The molecule has 3 unspecified atom stereocenters. The Hall–Kier alpha value is -1.02. The van der Waals surface area contributed by atoms with Crippen LogP contribution in [0.1, 0.15) is 25.3 Å². The molecule has 0 saturated heterocycles. The van der Waals surface area contributed by atoms with Gasteiger partial charge in [0.1, 0.15) is 0 Å². The Labute approximate surface area is 110 Å². The summed E-state index contributed by atoms with van der Waals surface area (Å²) in [6.45, 7) is 4.75. The summed E-state index contributed by atoms with van der Waals surface area (Å²) in [5.74, 6) is 1.92. The van der Waals surface area contributed by atoms with Crippen molar-refractivity contribution in [1.29, 1.82) is 0 Å². The number of likely N-dealkylation sites (N-methyl/N-ethyl adjacent to an activating group) is 1. The average molecular weight is 244 g/mol. The molecule has 2 nitrogen and oxygen atoms in total. The Kier molecular flexibility index (Phi) is 3.29. The highest BCUT2D eigenvalue weighted by Crippen LogP contribution is 2.38. The maximum Gasteiger partial charge on any atom is 0.0373 e. The van der Waals surface area contributed by atoms with Gasteiger partial charge in [-0.3, -0.25) is 0 Å². The zero-order chi connectivity index (χ0) is 12.5. The molecular weight excluding hydrogens is 220 g/mol. The van der Waals surface area contributed by atoms with Crippen molar-refractivity contribution in [1.82, 2.24) is 4.90 Å². The van der Waals surface area contributed by atoms with Crippen molar-refractivity contribution in [2.24, 2.45) is 11.8 Å². The summed E-state index contributed by atoms with van der Waals surface area (Å²) in [5, 5.41) is 3.62. The maximum absolute atomic E-state index is 3.62. The van der Waals surface area contributed by atoms with Crippen LogP contribution in [-0.4, -0.2) is 31.1 Å². The first-order valence-electron chi connectivity index (χ1n) is 7.26. The molecule has 3 rings (SSSR count). The summed E-state index contributed by atoms with van der Waals surface area (Å²) < 4.78 is 0. The highest BCUT2D eigenvalue weighted by Gasteiger charge is 2.34. The number of benzene rings is 1. The molecule has 0 amide bonds. The third kappa shape index (κ3) is 2.54. The van der Waals surface area contributed by atoms with Crippen molar-refractivity contribution in [2.45, 2.75) is 32.2 Å². The molecule has 0 aromatic heterocycles. The van der Waals surface area contributed by atoms with Crippen LogP contribution >= 0.6 is 0 Å². The van der Waals surface area contributed by atoms with E-state index in [4.69, 9.17) is 0 Å². The van der Waals surface area contributed by atoms with Crippen LogP contribution < -0.4 is 5.32 Å². The maximum atomic E-state index is 3.62. The van der Waals surface area contributed by atoms with Crippen LogP contribution in [0.3, 0.4) is 0 Å². The van der Waals surface area contributed by atoms with Gasteiger partial charge in [0, 0.05) is 24.8 Å². The number of anilines is 1. The highest BCUT2D eigenvalue weighted by atomic mass is 15.2. The minimum absolute atomic E-state index is 0.685. The van der Waals surface area contributed by atoms with Crippen LogP contribution in [0.4, 0.5) is 5.69 Å². The smallest absolute Gasteiger partial charge is 0.0373 e. The third-order valence-electron chi connectivity index (χ3n) is 4.71. The Morgan fingerprint density at radius 3 is 2.89 bits per heavy atom. The molecule has 98 valence electrons. The van der Waals surface area contributed by atoms with Gasteiger partial charge in [-0.15, -0.1) is 0 Å². The second kappa shape index (κ2) is 4.93. The molecule has 2 aliphatic rings. The minimum Gasteiger partial charge on any atom is -0.383 e. The second-order valence-corrected chi connectivity index (χ2v) is 6.14. The van der Waals surface area contributed by atoms with Crippen LogP contribution in [0, 0.1) is 11.8 Å². The van der Waals surface area contributed by atoms with Crippen LogP contribution in [0.2, 0.25) is 0 Å². The Balaban J connectivity index is 1.60. The molecule has 1 fully saturated rings. The first-order chi connectivity index (χ1) is 8.74. The molecule has 1 aliphatic carbocycles. The van der Waals surface area contributed by atoms with E-state index in [0.717, 1.165) is 18.4 Å². The summed E-state index contributed by atoms with van der Waals surface area (Å²) in [4.78, 5) is 2.58. The van der Waals surface area contributed by atoms with Gasteiger partial charge in [0.2, 0.25) is 0 Å². The van der Waals surface area contributed by atoms with Gasteiger partial charge in [-0.1, -0.05) is 25.1 Å². The van der Waals surface area contributed by atoms with Gasteiger partial charge in [0.15, 0.2) is 0 Å². The summed E-state index contributed by atoms with van der Waals surface area (Å²) in [6, 6.07) is 9.43. The number of aryl methyl sites for hydroxylation is 1. The van der Waals surface area contributed by atoms with Gasteiger partial charge in [0.05, 0.1) is 0 Å². The molecule has 0 spiro atoms. The Bertz CT molecular complexity index is 388. The molecule has 1 aliphatic heterocycles. The van der Waals surface area contributed by atoms with E-state index in [1.165, 1.54) is 37.1 Å². The molecular formula is C16H24N2. The number of nitrogens with zero attached hydrogens (tertiary/aromatic N) is 1. The Morgan fingerprint density at radius 2 is 2.11 bits per heavy atom. The zero-order valence-electron chi connectivity index (χ0n) is 11.5. The topological polar surface area (TPSA) is 15.3 Å². The third-order valence-corrected chi connectivity index (χ3v) is 4.71. The Morgan fingerprint density at radius 1 is 1.33 bits per heavy atom. The minimum atomic E-state index is 0.685. The number of nitrogens with one attached hydrogen (secondary N) is 1. The zero-order valence-corrected chi connectivity index (χ0v) is 11.5. The van der Waals surface area contributed by atoms with Gasteiger partial charge in [-0.25, -0.2) is 0 Å². The summed E-state index contributed by atoms with van der Waals surface area (Å²) >= 11 is 0. The van der Waals surface area contributed by atoms with Crippen LogP contribution in [0.25, 0.3) is 0 Å². The standard InChI is InChI=1S/C16H24N2/c1-12-9-14(12)11-18(2)15-8-7-13-5-3-4-6-16(13)17-10-15/h3-6,12,14-15,17H,7-11H2,1-2H3. The predicted molar refractivity (Wildman–Crippen MR) is 76.9 cm³/mol. The average Bonchev–Trinajstić information content (AvgIpc) is 3.10. The van der Waals surface area contributed by atoms with Crippen LogP contribution in [0.5, 0.6) is 0 Å². The highest BCUT2D eigenvalue weighted by molar-refractivity contribution is 5.52. The predicted octanol–water partition coefficient (Wildman–Crippen LogP) is 3.00.